The van der Waals surface area contributed by atoms with Crippen LogP contribution >= 0.6 is 27.5 Å². The van der Waals surface area contributed by atoms with Gasteiger partial charge in [-0.2, -0.15) is 5.26 Å². The third-order valence-corrected chi connectivity index (χ3v) is 4.88. The van der Waals surface area contributed by atoms with Crippen LogP contribution in [-0.2, 0) is 10.0 Å². The predicted octanol–water partition coefficient (Wildman–Crippen LogP) is 3.07. The van der Waals surface area contributed by atoms with Crippen LogP contribution in [0.5, 0.6) is 0 Å². The minimum atomic E-state index is -3.51. The maximum Gasteiger partial charge on any atom is 0.240 e. The second-order valence-electron chi connectivity index (χ2n) is 3.59. The first-order chi connectivity index (χ1) is 8.47. The lowest BCUT2D eigenvalue weighted by Crippen LogP contribution is -2.24. The van der Waals surface area contributed by atoms with Gasteiger partial charge in [0.05, 0.1) is 16.0 Å². The Bertz CT molecular complexity index is 555. The molecule has 0 unspecified atom stereocenters. The maximum absolute atomic E-state index is 11.9. The van der Waals surface area contributed by atoms with Crippen molar-refractivity contribution in [3.8, 4) is 6.07 Å². The molecule has 0 radical (unpaired) electrons. The van der Waals surface area contributed by atoms with Crippen LogP contribution in [0.1, 0.15) is 19.3 Å². The number of nitrogens with zero attached hydrogens (tertiary/aromatic N) is 1. The summed E-state index contributed by atoms with van der Waals surface area (Å²) >= 11 is 8.98. The van der Waals surface area contributed by atoms with Gasteiger partial charge in [-0.15, -0.1) is 0 Å². The normalized spacial score (nSPS) is 11.2. The molecule has 0 aromatic heterocycles. The second-order valence-corrected chi connectivity index (χ2v) is 6.62. The molecule has 1 N–H and O–H groups in total. The highest BCUT2D eigenvalue weighted by atomic mass is 79.9. The van der Waals surface area contributed by atoms with E-state index in [1.807, 2.05) is 6.07 Å². The Morgan fingerprint density at radius 2 is 2.11 bits per heavy atom. The zero-order chi connectivity index (χ0) is 13.6. The monoisotopic (exact) mass is 350 g/mol. The molecule has 0 aliphatic rings. The van der Waals surface area contributed by atoms with Crippen molar-refractivity contribution in [1.82, 2.24) is 4.72 Å². The Hall–Kier alpha value is -0.610. The van der Waals surface area contributed by atoms with Gasteiger partial charge in [0.2, 0.25) is 10.0 Å². The summed E-state index contributed by atoms with van der Waals surface area (Å²) in [5.74, 6) is 0. The molecule has 0 fully saturated rings. The van der Waals surface area contributed by atoms with Crippen molar-refractivity contribution in [2.75, 3.05) is 6.54 Å². The summed E-state index contributed by atoms with van der Waals surface area (Å²) in [5.41, 5.74) is 0. The number of halogens is 2. The number of nitriles is 1. The highest BCUT2D eigenvalue weighted by Gasteiger charge is 2.14. The Morgan fingerprint density at radius 3 is 2.72 bits per heavy atom. The van der Waals surface area contributed by atoms with Gasteiger partial charge in [0.1, 0.15) is 0 Å². The van der Waals surface area contributed by atoms with Crippen LogP contribution in [0, 0.1) is 11.3 Å². The van der Waals surface area contributed by atoms with E-state index in [0.717, 1.165) is 0 Å². The molecule has 1 rings (SSSR count). The average Bonchev–Trinajstić information content (AvgIpc) is 2.32. The lowest BCUT2D eigenvalue weighted by molar-refractivity contribution is 0.577. The Balaban J connectivity index is 2.63. The van der Waals surface area contributed by atoms with Crippen molar-refractivity contribution in [2.24, 2.45) is 0 Å². The fourth-order valence-electron chi connectivity index (χ4n) is 1.26. The Kier molecular flexibility index (Phi) is 6.09. The smallest absolute Gasteiger partial charge is 0.211 e. The molecule has 0 saturated carbocycles. The van der Waals surface area contributed by atoms with E-state index in [4.69, 9.17) is 16.9 Å². The van der Waals surface area contributed by atoms with Crippen LogP contribution in [-0.4, -0.2) is 15.0 Å². The number of hydrogen-bond donors (Lipinski definition) is 1. The summed E-state index contributed by atoms with van der Waals surface area (Å²) in [6, 6.07) is 6.44. The van der Waals surface area contributed by atoms with E-state index < -0.39 is 10.0 Å². The first-order valence-electron chi connectivity index (χ1n) is 5.29. The largest absolute Gasteiger partial charge is 0.240 e. The molecule has 0 amide bonds. The van der Waals surface area contributed by atoms with E-state index in [1.54, 1.807) is 0 Å². The highest BCUT2D eigenvalue weighted by molar-refractivity contribution is 9.10. The number of hydrogen-bond acceptors (Lipinski definition) is 3. The van der Waals surface area contributed by atoms with Crippen LogP contribution in [0.4, 0.5) is 0 Å². The van der Waals surface area contributed by atoms with Gasteiger partial charge in [0.25, 0.3) is 0 Å². The van der Waals surface area contributed by atoms with Gasteiger partial charge >= 0.3 is 0 Å². The minimum absolute atomic E-state index is 0.166. The second kappa shape index (κ2) is 7.10. The van der Waals surface area contributed by atoms with Gasteiger partial charge in [-0.1, -0.05) is 11.6 Å². The third-order valence-electron chi connectivity index (χ3n) is 2.21. The molecule has 18 heavy (non-hydrogen) atoms. The van der Waals surface area contributed by atoms with Crippen LogP contribution in [0.25, 0.3) is 0 Å². The van der Waals surface area contributed by atoms with Crippen molar-refractivity contribution >= 4 is 37.6 Å². The molecular formula is C11H12BrClN2O2S. The fourth-order valence-corrected chi connectivity index (χ4v) is 3.01. The summed E-state index contributed by atoms with van der Waals surface area (Å²) in [6.07, 6.45) is 1.76. The molecular weight excluding hydrogens is 340 g/mol. The predicted molar refractivity (Wildman–Crippen MR) is 73.8 cm³/mol. The number of sulfonamides is 1. The standard InChI is InChI=1S/C11H12BrClN2O2S/c12-10-8-9(4-5-11(10)13)18(16,17)15-7-3-1-2-6-14/h4-5,8,15H,1-3,7H2. The molecule has 1 aromatic rings. The summed E-state index contributed by atoms with van der Waals surface area (Å²) in [7, 11) is -3.51. The van der Waals surface area contributed by atoms with E-state index in [1.165, 1.54) is 18.2 Å². The van der Waals surface area contributed by atoms with Crippen molar-refractivity contribution in [3.05, 3.63) is 27.7 Å². The van der Waals surface area contributed by atoms with E-state index >= 15 is 0 Å². The van der Waals surface area contributed by atoms with Gasteiger partial charge < -0.3 is 0 Å². The molecule has 0 aliphatic carbocycles. The SMILES string of the molecule is N#CCCCCNS(=O)(=O)c1ccc(Cl)c(Br)c1. The summed E-state index contributed by atoms with van der Waals surface area (Å²) in [6.45, 7) is 0.324. The Labute approximate surface area is 120 Å². The van der Waals surface area contributed by atoms with Gasteiger partial charge in [0, 0.05) is 17.4 Å². The van der Waals surface area contributed by atoms with Gasteiger partial charge in [-0.3, -0.25) is 0 Å². The molecule has 0 aliphatic heterocycles. The van der Waals surface area contributed by atoms with Gasteiger partial charge in [-0.25, -0.2) is 13.1 Å². The van der Waals surface area contributed by atoms with Gasteiger partial charge in [0.15, 0.2) is 0 Å². The third kappa shape index (κ3) is 4.58. The van der Waals surface area contributed by atoms with Crippen molar-refractivity contribution in [3.63, 3.8) is 0 Å². The number of unbranched alkanes of at least 4 members (excludes halogenated alkanes) is 2. The summed E-state index contributed by atoms with van der Waals surface area (Å²) in [5, 5.41) is 8.81. The molecule has 1 aromatic carbocycles. The molecule has 0 saturated heterocycles. The average molecular weight is 352 g/mol. The summed E-state index contributed by atoms with van der Waals surface area (Å²) < 4.78 is 26.8. The van der Waals surface area contributed by atoms with Gasteiger partial charge in [-0.05, 0) is 47.0 Å². The van der Waals surface area contributed by atoms with E-state index in [-0.39, 0.29) is 4.90 Å². The Morgan fingerprint density at radius 1 is 1.39 bits per heavy atom. The topological polar surface area (TPSA) is 70.0 Å². The molecule has 0 heterocycles. The highest BCUT2D eigenvalue weighted by Crippen LogP contribution is 2.25. The molecule has 0 spiro atoms. The van der Waals surface area contributed by atoms with Crippen LogP contribution in [0.3, 0.4) is 0 Å². The van der Waals surface area contributed by atoms with Crippen LogP contribution < -0.4 is 4.72 Å². The quantitative estimate of drug-likeness (QED) is 0.801. The molecule has 98 valence electrons. The van der Waals surface area contributed by atoms with Crippen molar-refractivity contribution in [1.29, 1.82) is 5.26 Å². The fraction of sp³-hybridized carbons (Fsp3) is 0.364. The molecule has 7 heteroatoms. The molecule has 0 atom stereocenters. The first-order valence-corrected chi connectivity index (χ1v) is 7.94. The lowest BCUT2D eigenvalue weighted by atomic mass is 10.2. The molecule has 4 nitrogen and oxygen atoms in total. The lowest BCUT2D eigenvalue weighted by Gasteiger charge is -2.07. The minimum Gasteiger partial charge on any atom is -0.211 e. The van der Waals surface area contributed by atoms with Crippen molar-refractivity contribution in [2.45, 2.75) is 24.2 Å². The number of benzene rings is 1. The number of rotatable bonds is 6. The van der Waals surface area contributed by atoms with Crippen LogP contribution in [0.2, 0.25) is 5.02 Å². The van der Waals surface area contributed by atoms with Crippen molar-refractivity contribution < 1.29 is 8.42 Å². The van der Waals surface area contributed by atoms with E-state index in [9.17, 15) is 8.42 Å². The first kappa shape index (κ1) is 15.4. The summed E-state index contributed by atoms with van der Waals surface area (Å²) in [4.78, 5) is 0.166. The van der Waals surface area contributed by atoms with E-state index in [2.05, 4.69) is 20.7 Å². The van der Waals surface area contributed by atoms with E-state index in [0.29, 0.717) is 35.3 Å². The molecule has 0 bridgehead atoms. The van der Waals surface area contributed by atoms with Crippen LogP contribution in [0.15, 0.2) is 27.6 Å². The zero-order valence-electron chi connectivity index (χ0n) is 9.49. The number of nitrogens with one attached hydrogen (secondary N) is 1. The zero-order valence-corrected chi connectivity index (χ0v) is 12.6. The maximum atomic E-state index is 11.9.